The molecule has 24 heavy (non-hydrogen) atoms. The average molecular weight is 340 g/mol. The lowest BCUT2D eigenvalue weighted by Gasteiger charge is -2.30. The molecule has 1 aromatic carbocycles. The van der Waals surface area contributed by atoms with Crippen molar-refractivity contribution in [2.45, 2.75) is 50.7 Å². The highest BCUT2D eigenvalue weighted by atomic mass is 16.7. The standard InChI is InChI=1S/C17H24O7/c1-17(2)23-10-12(24-17)15(13(18)14(19)16(20)21-3)22-9-11-7-5-4-6-8-11/h4-8,12-15,18-19H,9-10H2,1-3H3/t12-,13+,14+,15-/m0/s1. The molecule has 1 aliphatic heterocycles. The molecule has 1 saturated heterocycles. The van der Waals surface area contributed by atoms with Crippen LogP contribution in [0.5, 0.6) is 0 Å². The lowest BCUT2D eigenvalue weighted by atomic mass is 10.0. The lowest BCUT2D eigenvalue weighted by Crippen LogP contribution is -2.50. The fraction of sp³-hybridized carbons (Fsp3) is 0.588. The summed E-state index contributed by atoms with van der Waals surface area (Å²) in [6.45, 7) is 3.85. The number of benzene rings is 1. The number of carbonyl (C=O) groups is 1. The fourth-order valence-electron chi connectivity index (χ4n) is 2.51. The van der Waals surface area contributed by atoms with Crippen molar-refractivity contribution in [2.75, 3.05) is 13.7 Å². The van der Waals surface area contributed by atoms with Crippen molar-refractivity contribution in [3.8, 4) is 0 Å². The second-order valence-electron chi connectivity index (χ2n) is 6.09. The molecule has 7 heteroatoms. The molecule has 134 valence electrons. The molecule has 0 bridgehead atoms. The zero-order chi connectivity index (χ0) is 17.7. The van der Waals surface area contributed by atoms with Crippen LogP contribution in [0.1, 0.15) is 19.4 Å². The van der Waals surface area contributed by atoms with E-state index in [1.54, 1.807) is 13.8 Å². The van der Waals surface area contributed by atoms with E-state index in [0.717, 1.165) is 12.7 Å². The van der Waals surface area contributed by atoms with Crippen LogP contribution in [-0.2, 0) is 30.3 Å². The van der Waals surface area contributed by atoms with Crippen molar-refractivity contribution in [1.82, 2.24) is 0 Å². The van der Waals surface area contributed by atoms with Crippen LogP contribution in [0.3, 0.4) is 0 Å². The largest absolute Gasteiger partial charge is 0.467 e. The quantitative estimate of drug-likeness (QED) is 0.703. The molecule has 0 unspecified atom stereocenters. The maximum Gasteiger partial charge on any atom is 0.337 e. The molecule has 1 fully saturated rings. The van der Waals surface area contributed by atoms with Gasteiger partial charge >= 0.3 is 5.97 Å². The Bertz CT molecular complexity index is 531. The lowest BCUT2D eigenvalue weighted by molar-refractivity contribution is -0.189. The summed E-state index contributed by atoms with van der Waals surface area (Å²) in [5.74, 6) is -1.76. The number of esters is 1. The van der Waals surface area contributed by atoms with Crippen LogP contribution in [0.15, 0.2) is 30.3 Å². The van der Waals surface area contributed by atoms with Crippen LogP contribution in [0.25, 0.3) is 0 Å². The molecule has 0 aromatic heterocycles. The Kier molecular flexibility index (Phi) is 6.31. The molecule has 1 aromatic rings. The van der Waals surface area contributed by atoms with Gasteiger partial charge in [-0.05, 0) is 19.4 Å². The molecule has 2 N–H and O–H groups in total. The molecular weight excluding hydrogens is 316 g/mol. The third kappa shape index (κ3) is 4.75. The molecule has 0 radical (unpaired) electrons. The van der Waals surface area contributed by atoms with Gasteiger partial charge in [-0.25, -0.2) is 4.79 Å². The van der Waals surface area contributed by atoms with Crippen LogP contribution in [0, 0.1) is 0 Å². The molecule has 0 amide bonds. The third-order valence-electron chi connectivity index (χ3n) is 3.78. The maximum absolute atomic E-state index is 11.5. The summed E-state index contributed by atoms with van der Waals surface area (Å²) in [6.07, 6.45) is -4.83. The average Bonchev–Trinajstić information content (AvgIpc) is 2.94. The third-order valence-corrected chi connectivity index (χ3v) is 3.78. The van der Waals surface area contributed by atoms with Crippen molar-refractivity contribution in [2.24, 2.45) is 0 Å². The molecule has 0 saturated carbocycles. The molecule has 7 nitrogen and oxygen atoms in total. The van der Waals surface area contributed by atoms with Gasteiger partial charge in [-0.2, -0.15) is 0 Å². The molecule has 4 atom stereocenters. The first-order valence-corrected chi connectivity index (χ1v) is 7.75. The van der Waals surface area contributed by atoms with E-state index in [-0.39, 0.29) is 13.2 Å². The van der Waals surface area contributed by atoms with Crippen LogP contribution in [-0.4, -0.2) is 60.1 Å². The molecule has 0 spiro atoms. The predicted octanol–water partition coefficient (Wildman–Crippen LogP) is 0.618. The van der Waals surface area contributed by atoms with Crippen molar-refractivity contribution in [3.63, 3.8) is 0 Å². The zero-order valence-corrected chi connectivity index (χ0v) is 14.0. The Morgan fingerprint density at radius 3 is 2.54 bits per heavy atom. The van der Waals surface area contributed by atoms with Crippen LogP contribution < -0.4 is 0 Å². The number of hydrogen-bond donors (Lipinski definition) is 2. The Labute approximate surface area is 141 Å². The number of methoxy groups -OCH3 is 1. The summed E-state index contributed by atoms with van der Waals surface area (Å²) in [5, 5.41) is 20.3. The van der Waals surface area contributed by atoms with Crippen molar-refractivity contribution in [3.05, 3.63) is 35.9 Å². The van der Waals surface area contributed by atoms with Crippen LogP contribution >= 0.6 is 0 Å². The molecule has 0 aliphatic carbocycles. The minimum atomic E-state index is -1.73. The van der Waals surface area contributed by atoms with Gasteiger partial charge in [0.25, 0.3) is 0 Å². The number of aliphatic hydroxyl groups is 2. The zero-order valence-electron chi connectivity index (χ0n) is 14.0. The Morgan fingerprint density at radius 1 is 1.33 bits per heavy atom. The van der Waals surface area contributed by atoms with Crippen LogP contribution in [0.4, 0.5) is 0 Å². The van der Waals surface area contributed by atoms with E-state index in [4.69, 9.17) is 14.2 Å². The van der Waals surface area contributed by atoms with Crippen molar-refractivity contribution < 1.29 is 34.0 Å². The van der Waals surface area contributed by atoms with Gasteiger partial charge in [0.1, 0.15) is 18.3 Å². The van der Waals surface area contributed by atoms with E-state index >= 15 is 0 Å². The van der Waals surface area contributed by atoms with E-state index < -0.39 is 36.2 Å². The van der Waals surface area contributed by atoms with E-state index in [1.165, 1.54) is 0 Å². The molecule has 1 aliphatic rings. The van der Waals surface area contributed by atoms with Gasteiger partial charge in [0.15, 0.2) is 11.9 Å². The van der Waals surface area contributed by atoms with E-state index in [1.807, 2.05) is 30.3 Å². The monoisotopic (exact) mass is 340 g/mol. The Hall–Kier alpha value is -1.51. The van der Waals surface area contributed by atoms with Gasteiger partial charge in [0, 0.05) is 0 Å². The van der Waals surface area contributed by atoms with Gasteiger partial charge in [0.2, 0.25) is 0 Å². The highest BCUT2D eigenvalue weighted by Crippen LogP contribution is 2.28. The second kappa shape index (κ2) is 8.04. The Balaban J connectivity index is 2.10. The van der Waals surface area contributed by atoms with Gasteiger partial charge in [-0.3, -0.25) is 0 Å². The second-order valence-corrected chi connectivity index (χ2v) is 6.09. The first-order valence-electron chi connectivity index (χ1n) is 7.75. The summed E-state index contributed by atoms with van der Waals surface area (Å²) in [6, 6.07) is 9.36. The van der Waals surface area contributed by atoms with Crippen molar-refractivity contribution in [1.29, 1.82) is 0 Å². The number of carbonyl (C=O) groups excluding carboxylic acids is 1. The summed E-state index contributed by atoms with van der Waals surface area (Å²) in [7, 11) is 1.14. The fourth-order valence-corrected chi connectivity index (χ4v) is 2.51. The van der Waals surface area contributed by atoms with E-state index in [2.05, 4.69) is 4.74 Å². The number of aliphatic hydroxyl groups excluding tert-OH is 2. The number of ether oxygens (including phenoxy) is 4. The molecular formula is C17H24O7. The minimum Gasteiger partial charge on any atom is -0.467 e. The normalized spacial score (nSPS) is 23.5. The minimum absolute atomic E-state index is 0.178. The van der Waals surface area contributed by atoms with Crippen molar-refractivity contribution >= 4 is 5.97 Å². The number of hydrogen-bond acceptors (Lipinski definition) is 7. The first kappa shape index (κ1) is 18.8. The van der Waals surface area contributed by atoms with Gasteiger partial charge in [-0.15, -0.1) is 0 Å². The molecule has 2 rings (SSSR count). The smallest absolute Gasteiger partial charge is 0.337 e. The highest BCUT2D eigenvalue weighted by Gasteiger charge is 2.44. The topological polar surface area (TPSA) is 94.5 Å². The summed E-state index contributed by atoms with van der Waals surface area (Å²) < 4.78 is 21.4. The maximum atomic E-state index is 11.5. The van der Waals surface area contributed by atoms with Gasteiger partial charge in [0.05, 0.1) is 20.3 Å². The summed E-state index contributed by atoms with van der Waals surface area (Å²) in [4.78, 5) is 11.5. The predicted molar refractivity (Wildman–Crippen MR) is 84.0 cm³/mol. The summed E-state index contributed by atoms with van der Waals surface area (Å²) >= 11 is 0. The highest BCUT2D eigenvalue weighted by molar-refractivity contribution is 5.75. The van der Waals surface area contributed by atoms with E-state index in [9.17, 15) is 15.0 Å². The SMILES string of the molecule is COC(=O)[C@H](O)[C@@H](O)[C@@H](OCc1ccccc1)[C@@H]1COC(C)(C)O1. The summed E-state index contributed by atoms with van der Waals surface area (Å²) in [5.41, 5.74) is 0.889. The van der Waals surface area contributed by atoms with E-state index in [0.29, 0.717) is 0 Å². The van der Waals surface area contributed by atoms with Crippen LogP contribution in [0.2, 0.25) is 0 Å². The first-order chi connectivity index (χ1) is 11.3. The number of rotatable bonds is 7. The molecule has 1 heterocycles. The van der Waals surface area contributed by atoms with Gasteiger partial charge < -0.3 is 29.2 Å². The van der Waals surface area contributed by atoms with Gasteiger partial charge in [-0.1, -0.05) is 30.3 Å². The Morgan fingerprint density at radius 2 is 2.00 bits per heavy atom.